The van der Waals surface area contributed by atoms with Crippen LogP contribution in [0.25, 0.3) is 10.2 Å². The van der Waals surface area contributed by atoms with E-state index in [2.05, 4.69) is 9.88 Å². The molecule has 2 aromatic carbocycles. The van der Waals surface area contributed by atoms with Crippen molar-refractivity contribution in [2.45, 2.75) is 12.8 Å². The van der Waals surface area contributed by atoms with Gasteiger partial charge in [0.2, 0.25) is 5.91 Å². The molecule has 0 spiro atoms. The molecule has 0 unspecified atom stereocenters. The van der Waals surface area contributed by atoms with E-state index in [0.717, 1.165) is 49.5 Å². The molecule has 0 radical (unpaired) electrons. The number of aromatic nitrogens is 1. The fourth-order valence-electron chi connectivity index (χ4n) is 3.50. The van der Waals surface area contributed by atoms with Crippen LogP contribution in [-0.2, 0) is 16.0 Å². The minimum absolute atomic E-state index is 0. The summed E-state index contributed by atoms with van der Waals surface area (Å²) in [5, 5.41) is 1.22. The highest BCUT2D eigenvalue weighted by Gasteiger charge is 2.21. The number of rotatable bonds is 7. The van der Waals surface area contributed by atoms with E-state index in [1.807, 2.05) is 12.1 Å². The van der Waals surface area contributed by atoms with E-state index in [0.29, 0.717) is 22.2 Å². The number of thiazole rings is 1. The van der Waals surface area contributed by atoms with Crippen molar-refractivity contribution in [3.63, 3.8) is 0 Å². The van der Waals surface area contributed by atoms with Crippen LogP contribution in [-0.4, -0.2) is 55.2 Å². The zero-order chi connectivity index (χ0) is 20.9. The van der Waals surface area contributed by atoms with Gasteiger partial charge in [0.25, 0.3) is 0 Å². The molecule has 0 atom stereocenters. The van der Waals surface area contributed by atoms with Crippen molar-refractivity contribution >= 4 is 56.6 Å². The lowest BCUT2D eigenvalue weighted by molar-refractivity contribution is -0.118. The third kappa shape index (κ3) is 6.14. The number of hydrogen-bond acceptors (Lipinski definition) is 5. The van der Waals surface area contributed by atoms with Gasteiger partial charge in [-0.1, -0.05) is 41.1 Å². The van der Waals surface area contributed by atoms with Gasteiger partial charge in [-0.25, -0.2) is 9.37 Å². The molecule has 5 nitrogen and oxygen atoms in total. The van der Waals surface area contributed by atoms with Crippen LogP contribution in [0, 0.1) is 5.82 Å². The second-order valence-electron chi connectivity index (χ2n) is 7.24. The zero-order valence-electron chi connectivity index (χ0n) is 16.9. The van der Waals surface area contributed by atoms with Gasteiger partial charge in [0, 0.05) is 26.2 Å². The molecular weight excluding hydrogens is 460 g/mol. The largest absolute Gasteiger partial charge is 0.379 e. The smallest absolute Gasteiger partial charge is 0.233 e. The first-order valence-corrected chi connectivity index (χ1v) is 11.2. The number of carbonyl (C=O) groups excluding carboxylic acids is 1. The Morgan fingerprint density at radius 3 is 2.65 bits per heavy atom. The lowest BCUT2D eigenvalue weighted by Crippen LogP contribution is -2.39. The summed E-state index contributed by atoms with van der Waals surface area (Å²) in [5.41, 5.74) is 1.49. The van der Waals surface area contributed by atoms with Gasteiger partial charge in [-0.15, -0.1) is 12.4 Å². The Morgan fingerprint density at radius 2 is 1.94 bits per heavy atom. The third-order valence-electron chi connectivity index (χ3n) is 5.12. The van der Waals surface area contributed by atoms with Crippen LogP contribution in [0.15, 0.2) is 42.5 Å². The number of fused-ring (bicyclic) bond motifs is 1. The monoisotopic (exact) mass is 483 g/mol. The summed E-state index contributed by atoms with van der Waals surface area (Å²) in [7, 11) is 0. The highest BCUT2D eigenvalue weighted by Crippen LogP contribution is 2.33. The maximum absolute atomic E-state index is 13.2. The first-order chi connectivity index (χ1) is 14.6. The van der Waals surface area contributed by atoms with Gasteiger partial charge in [0.1, 0.15) is 11.3 Å². The lowest BCUT2D eigenvalue weighted by Gasteiger charge is -2.27. The van der Waals surface area contributed by atoms with Crippen molar-refractivity contribution < 1.29 is 13.9 Å². The lowest BCUT2D eigenvalue weighted by atomic mass is 10.1. The van der Waals surface area contributed by atoms with Gasteiger partial charge in [0.05, 0.1) is 29.4 Å². The molecule has 0 saturated carbocycles. The summed E-state index contributed by atoms with van der Waals surface area (Å²) in [6.45, 7) is 4.80. The molecule has 1 fully saturated rings. The van der Waals surface area contributed by atoms with Crippen LogP contribution in [0.5, 0.6) is 0 Å². The number of nitrogens with zero attached hydrogens (tertiary/aromatic N) is 3. The molecule has 1 aromatic heterocycles. The Morgan fingerprint density at radius 1 is 1.19 bits per heavy atom. The molecule has 9 heteroatoms. The first kappa shape index (κ1) is 23.9. The van der Waals surface area contributed by atoms with E-state index in [9.17, 15) is 9.18 Å². The predicted octanol–water partition coefficient (Wildman–Crippen LogP) is 4.81. The molecule has 1 aliphatic rings. The molecule has 1 amide bonds. The van der Waals surface area contributed by atoms with Crippen molar-refractivity contribution in [1.82, 2.24) is 9.88 Å². The molecule has 1 aliphatic heterocycles. The number of ether oxygens (including phenoxy) is 1. The van der Waals surface area contributed by atoms with Crippen molar-refractivity contribution in [1.29, 1.82) is 0 Å². The molecule has 0 aliphatic carbocycles. The number of halogens is 3. The quantitative estimate of drug-likeness (QED) is 0.483. The Balaban J connectivity index is 0.00000272. The van der Waals surface area contributed by atoms with Gasteiger partial charge < -0.3 is 4.74 Å². The SMILES string of the molecule is Cl.O=C(Cc1ccc(F)cc1)N(CCCN1CCOCC1)c1nc2c(Cl)cccc2s1. The van der Waals surface area contributed by atoms with Crippen molar-refractivity contribution in [2.24, 2.45) is 0 Å². The first-order valence-electron chi connectivity index (χ1n) is 10.00. The van der Waals surface area contributed by atoms with E-state index in [4.69, 9.17) is 16.3 Å². The summed E-state index contributed by atoms with van der Waals surface area (Å²) < 4.78 is 19.6. The molecule has 31 heavy (non-hydrogen) atoms. The normalized spacial score (nSPS) is 14.4. The summed E-state index contributed by atoms with van der Waals surface area (Å²) >= 11 is 7.75. The number of benzene rings is 2. The second-order valence-corrected chi connectivity index (χ2v) is 8.66. The van der Waals surface area contributed by atoms with Crippen molar-refractivity contribution in [2.75, 3.05) is 44.3 Å². The Kier molecular flexibility index (Phi) is 8.63. The summed E-state index contributed by atoms with van der Waals surface area (Å²) in [6, 6.07) is 11.7. The standard InChI is InChI=1S/C22H23ClFN3O2S.ClH/c23-18-3-1-4-19-21(18)25-22(30-19)27(10-2-9-26-11-13-29-14-12-26)20(28)15-16-5-7-17(24)8-6-16;/h1,3-8H,2,9-15H2;1H. The average molecular weight is 484 g/mol. The molecule has 166 valence electrons. The minimum Gasteiger partial charge on any atom is -0.379 e. The second kappa shape index (κ2) is 11.2. The maximum atomic E-state index is 13.2. The van der Waals surface area contributed by atoms with Crippen LogP contribution in [0.1, 0.15) is 12.0 Å². The molecule has 0 N–H and O–H groups in total. The van der Waals surface area contributed by atoms with Gasteiger partial charge in [0.15, 0.2) is 5.13 Å². The van der Waals surface area contributed by atoms with Crippen LogP contribution in [0.4, 0.5) is 9.52 Å². The topological polar surface area (TPSA) is 45.7 Å². The molecule has 0 bridgehead atoms. The van der Waals surface area contributed by atoms with Crippen LogP contribution in [0.2, 0.25) is 5.02 Å². The number of amides is 1. The van der Waals surface area contributed by atoms with Crippen LogP contribution in [0.3, 0.4) is 0 Å². The summed E-state index contributed by atoms with van der Waals surface area (Å²) in [4.78, 5) is 21.9. The van der Waals surface area contributed by atoms with Crippen LogP contribution >= 0.6 is 35.3 Å². The van der Waals surface area contributed by atoms with E-state index in [1.165, 1.54) is 23.5 Å². The van der Waals surface area contributed by atoms with E-state index in [1.54, 1.807) is 23.1 Å². The molecule has 2 heterocycles. The predicted molar refractivity (Wildman–Crippen MR) is 126 cm³/mol. The molecule has 3 aromatic rings. The summed E-state index contributed by atoms with van der Waals surface area (Å²) in [5.74, 6) is -0.367. The third-order valence-corrected chi connectivity index (χ3v) is 6.47. The van der Waals surface area contributed by atoms with Gasteiger partial charge in [-0.2, -0.15) is 0 Å². The average Bonchev–Trinajstić information content (AvgIpc) is 3.19. The van der Waals surface area contributed by atoms with Crippen molar-refractivity contribution in [3.8, 4) is 0 Å². The fourth-order valence-corrected chi connectivity index (χ4v) is 4.80. The van der Waals surface area contributed by atoms with Gasteiger partial charge in [-0.3, -0.25) is 14.6 Å². The number of anilines is 1. The van der Waals surface area contributed by atoms with Gasteiger partial charge >= 0.3 is 0 Å². The highest BCUT2D eigenvalue weighted by atomic mass is 35.5. The maximum Gasteiger partial charge on any atom is 0.233 e. The van der Waals surface area contributed by atoms with E-state index in [-0.39, 0.29) is 30.6 Å². The molecular formula is C22H24Cl2FN3O2S. The Labute approximate surface area is 196 Å². The zero-order valence-corrected chi connectivity index (χ0v) is 19.3. The highest BCUT2D eigenvalue weighted by molar-refractivity contribution is 7.22. The Bertz CT molecular complexity index is 1010. The number of morpholine rings is 1. The number of hydrogen-bond donors (Lipinski definition) is 0. The van der Waals surface area contributed by atoms with Crippen molar-refractivity contribution in [3.05, 3.63) is 58.9 Å². The van der Waals surface area contributed by atoms with E-state index < -0.39 is 0 Å². The van der Waals surface area contributed by atoms with Crippen LogP contribution < -0.4 is 4.90 Å². The fraction of sp³-hybridized carbons (Fsp3) is 0.364. The van der Waals surface area contributed by atoms with E-state index >= 15 is 0 Å². The molecule has 4 rings (SSSR count). The Hall–Kier alpha value is -1.77. The summed E-state index contributed by atoms with van der Waals surface area (Å²) in [6.07, 6.45) is 1.03. The van der Waals surface area contributed by atoms with Gasteiger partial charge in [-0.05, 0) is 36.2 Å². The number of carbonyl (C=O) groups is 1. The number of para-hydroxylation sites is 1. The minimum atomic E-state index is -0.311. The molecule has 1 saturated heterocycles.